The molecule has 0 aliphatic heterocycles. The summed E-state index contributed by atoms with van der Waals surface area (Å²) in [7, 11) is 0. The Morgan fingerprint density at radius 2 is 2.28 bits per heavy atom. The Morgan fingerprint density at radius 3 is 2.83 bits per heavy atom. The monoisotopic (exact) mass is 272 g/mol. The van der Waals surface area contributed by atoms with Gasteiger partial charge in [-0.05, 0) is 39.5 Å². The quantitative estimate of drug-likeness (QED) is 0.679. The summed E-state index contributed by atoms with van der Waals surface area (Å²) in [6.45, 7) is 3.93. The Morgan fingerprint density at radius 1 is 1.56 bits per heavy atom. The molecule has 18 heavy (non-hydrogen) atoms. The van der Waals surface area contributed by atoms with Crippen LogP contribution in [-0.2, 0) is 0 Å². The van der Waals surface area contributed by atoms with Crippen molar-refractivity contribution in [1.29, 1.82) is 5.26 Å². The van der Waals surface area contributed by atoms with Crippen molar-refractivity contribution in [3.8, 4) is 6.07 Å². The van der Waals surface area contributed by atoms with Gasteiger partial charge in [0.25, 0.3) is 0 Å². The van der Waals surface area contributed by atoms with E-state index in [1.807, 2.05) is 0 Å². The molecule has 0 aromatic rings. The van der Waals surface area contributed by atoms with Gasteiger partial charge in [0.15, 0.2) is 0 Å². The highest BCUT2D eigenvalue weighted by Crippen LogP contribution is 2.35. The average molecular weight is 272 g/mol. The molecule has 5 heteroatoms. The van der Waals surface area contributed by atoms with E-state index in [-0.39, 0.29) is 6.61 Å². The highest BCUT2D eigenvalue weighted by atomic mass is 32.2. The molecule has 0 heterocycles. The van der Waals surface area contributed by atoms with Crippen LogP contribution in [0.3, 0.4) is 0 Å². The van der Waals surface area contributed by atoms with Crippen LogP contribution in [0.2, 0.25) is 0 Å². The number of aliphatic hydroxyl groups is 2. The molecule has 0 aromatic carbocycles. The fraction of sp³-hybridized carbons (Fsp3) is 0.923. The van der Waals surface area contributed by atoms with Crippen LogP contribution in [-0.4, -0.2) is 45.5 Å². The molecule has 3 atom stereocenters. The van der Waals surface area contributed by atoms with E-state index in [0.717, 1.165) is 25.7 Å². The first-order valence-corrected chi connectivity index (χ1v) is 7.65. The number of thioether (sulfide) groups is 1. The third kappa shape index (κ3) is 4.77. The third-order valence-corrected chi connectivity index (χ3v) is 4.67. The Labute approximate surface area is 114 Å². The zero-order valence-electron chi connectivity index (χ0n) is 11.2. The molecule has 0 bridgehead atoms. The van der Waals surface area contributed by atoms with Crippen molar-refractivity contribution in [2.75, 3.05) is 12.4 Å². The predicted octanol–water partition coefficient (Wildman–Crippen LogP) is 1.28. The number of hydrogen-bond donors (Lipinski definition) is 3. The molecule has 1 aliphatic carbocycles. The van der Waals surface area contributed by atoms with Gasteiger partial charge in [0.1, 0.15) is 5.54 Å². The van der Waals surface area contributed by atoms with Gasteiger partial charge >= 0.3 is 0 Å². The van der Waals surface area contributed by atoms with Crippen molar-refractivity contribution in [2.24, 2.45) is 0 Å². The molecule has 1 aliphatic rings. The molecule has 0 radical (unpaired) electrons. The Balaban J connectivity index is 2.51. The minimum absolute atomic E-state index is 0.187. The van der Waals surface area contributed by atoms with Crippen molar-refractivity contribution < 1.29 is 10.2 Å². The highest BCUT2D eigenvalue weighted by Gasteiger charge is 2.37. The van der Waals surface area contributed by atoms with Crippen molar-refractivity contribution in [1.82, 2.24) is 5.32 Å². The van der Waals surface area contributed by atoms with Crippen molar-refractivity contribution in [2.45, 2.75) is 62.5 Å². The van der Waals surface area contributed by atoms with Crippen molar-refractivity contribution in [3.63, 3.8) is 0 Å². The maximum Gasteiger partial charge on any atom is 0.108 e. The maximum atomic E-state index is 9.42. The number of nitrogens with zero attached hydrogens (tertiary/aromatic N) is 1. The van der Waals surface area contributed by atoms with Crippen LogP contribution in [0.15, 0.2) is 0 Å². The Hall–Kier alpha value is -0.280. The van der Waals surface area contributed by atoms with Crippen LogP contribution in [0.25, 0.3) is 0 Å². The average Bonchev–Trinajstić information content (AvgIpc) is 2.35. The summed E-state index contributed by atoms with van der Waals surface area (Å²) in [5.41, 5.74) is -0.408. The summed E-state index contributed by atoms with van der Waals surface area (Å²) in [5.74, 6) is 0.546. The summed E-state index contributed by atoms with van der Waals surface area (Å²) < 4.78 is 0. The van der Waals surface area contributed by atoms with Gasteiger partial charge in [-0.2, -0.15) is 17.0 Å². The lowest BCUT2D eigenvalue weighted by atomic mass is 9.82. The van der Waals surface area contributed by atoms with Crippen molar-refractivity contribution >= 4 is 11.8 Å². The van der Waals surface area contributed by atoms with Crippen LogP contribution < -0.4 is 5.32 Å². The topological polar surface area (TPSA) is 76.3 Å². The molecule has 0 saturated heterocycles. The standard InChI is InChI=1S/C13H24N2O2S/c1-10(2)15-13(9-14)5-3-4-12(6-13)18-8-11(17)7-16/h10-12,15-17H,3-8H2,1-2H3. The number of aliphatic hydroxyl groups excluding tert-OH is 2. The zero-order valence-corrected chi connectivity index (χ0v) is 12.0. The minimum atomic E-state index is -0.647. The minimum Gasteiger partial charge on any atom is -0.394 e. The summed E-state index contributed by atoms with van der Waals surface area (Å²) >= 11 is 1.67. The van der Waals surface area contributed by atoms with E-state index < -0.39 is 11.6 Å². The van der Waals surface area contributed by atoms with E-state index in [0.29, 0.717) is 17.0 Å². The lowest BCUT2D eigenvalue weighted by Gasteiger charge is -2.37. The first-order chi connectivity index (χ1) is 8.51. The SMILES string of the molecule is CC(C)NC1(C#N)CCCC(SCC(O)CO)C1. The van der Waals surface area contributed by atoms with Gasteiger partial charge in [0.05, 0.1) is 18.8 Å². The van der Waals surface area contributed by atoms with E-state index in [2.05, 4.69) is 25.2 Å². The molecule has 3 unspecified atom stereocenters. The first kappa shape index (κ1) is 15.8. The van der Waals surface area contributed by atoms with Gasteiger partial charge in [-0.3, -0.25) is 5.32 Å². The Bertz CT molecular complexity index is 293. The first-order valence-electron chi connectivity index (χ1n) is 6.61. The second-order valence-electron chi connectivity index (χ2n) is 5.38. The second-order valence-corrected chi connectivity index (χ2v) is 6.71. The van der Waals surface area contributed by atoms with Gasteiger partial charge in [-0.1, -0.05) is 0 Å². The van der Waals surface area contributed by atoms with Crippen LogP contribution in [0, 0.1) is 11.3 Å². The number of rotatable bonds is 6. The zero-order chi connectivity index (χ0) is 13.6. The molecule has 1 saturated carbocycles. The fourth-order valence-corrected chi connectivity index (χ4v) is 3.82. The molecule has 1 rings (SSSR count). The second kappa shape index (κ2) is 7.34. The molecule has 0 amide bonds. The van der Waals surface area contributed by atoms with Crippen LogP contribution >= 0.6 is 11.8 Å². The van der Waals surface area contributed by atoms with E-state index in [4.69, 9.17) is 5.11 Å². The number of nitrogens with one attached hydrogen (secondary N) is 1. The van der Waals surface area contributed by atoms with Gasteiger partial charge in [-0.15, -0.1) is 0 Å². The van der Waals surface area contributed by atoms with Gasteiger partial charge in [0.2, 0.25) is 0 Å². The van der Waals surface area contributed by atoms with E-state index in [1.54, 1.807) is 11.8 Å². The highest BCUT2D eigenvalue weighted by molar-refractivity contribution is 7.99. The largest absolute Gasteiger partial charge is 0.394 e. The van der Waals surface area contributed by atoms with Gasteiger partial charge < -0.3 is 10.2 Å². The molecule has 3 N–H and O–H groups in total. The van der Waals surface area contributed by atoms with Crippen LogP contribution in [0.4, 0.5) is 0 Å². The normalized spacial score (nSPS) is 30.1. The summed E-state index contributed by atoms with van der Waals surface area (Å²) in [4.78, 5) is 0. The molecular formula is C13H24N2O2S. The summed E-state index contributed by atoms with van der Waals surface area (Å²) in [5, 5.41) is 31.4. The maximum absolute atomic E-state index is 9.42. The lowest BCUT2D eigenvalue weighted by Crippen LogP contribution is -2.51. The van der Waals surface area contributed by atoms with Crippen LogP contribution in [0.5, 0.6) is 0 Å². The number of hydrogen-bond acceptors (Lipinski definition) is 5. The molecule has 0 aromatic heterocycles. The summed E-state index contributed by atoms with van der Waals surface area (Å²) in [6, 6.07) is 2.75. The number of nitriles is 1. The smallest absolute Gasteiger partial charge is 0.108 e. The van der Waals surface area contributed by atoms with E-state index in [9.17, 15) is 10.4 Å². The van der Waals surface area contributed by atoms with Gasteiger partial charge in [-0.25, -0.2) is 0 Å². The van der Waals surface area contributed by atoms with E-state index in [1.165, 1.54) is 0 Å². The van der Waals surface area contributed by atoms with E-state index >= 15 is 0 Å². The molecule has 4 nitrogen and oxygen atoms in total. The van der Waals surface area contributed by atoms with Gasteiger partial charge in [0, 0.05) is 17.0 Å². The molecule has 104 valence electrons. The predicted molar refractivity (Wildman–Crippen MR) is 74.4 cm³/mol. The van der Waals surface area contributed by atoms with Crippen molar-refractivity contribution in [3.05, 3.63) is 0 Å². The molecule has 1 fully saturated rings. The Kier molecular flexibility index (Phi) is 6.44. The third-order valence-electron chi connectivity index (χ3n) is 3.22. The molecule has 0 spiro atoms. The summed E-state index contributed by atoms with van der Waals surface area (Å²) in [6.07, 6.45) is 3.21. The van der Waals surface area contributed by atoms with Crippen LogP contribution in [0.1, 0.15) is 39.5 Å². The lowest BCUT2D eigenvalue weighted by molar-refractivity contribution is 0.113. The molecular weight excluding hydrogens is 248 g/mol. The fourth-order valence-electron chi connectivity index (χ4n) is 2.48.